The molecule has 1 aliphatic rings. The highest BCUT2D eigenvalue weighted by Gasteiger charge is 2.28. The van der Waals surface area contributed by atoms with Gasteiger partial charge in [0, 0.05) is 29.4 Å². The lowest BCUT2D eigenvalue weighted by atomic mass is 9.97. The average molecular weight is 352 g/mol. The highest BCUT2D eigenvalue weighted by atomic mass is 32.1. The number of amides is 1. The molecule has 2 aromatic heterocycles. The number of nitrogens with zero attached hydrogens (tertiary/aromatic N) is 3. The zero-order valence-electron chi connectivity index (χ0n) is 14.1. The second-order valence-electron chi connectivity index (χ2n) is 6.41. The van der Waals surface area contributed by atoms with Crippen molar-refractivity contribution < 1.29 is 4.79 Å². The lowest BCUT2D eigenvalue weighted by Crippen LogP contribution is -2.39. The first kappa shape index (κ1) is 16.0. The van der Waals surface area contributed by atoms with E-state index in [-0.39, 0.29) is 11.8 Å². The van der Waals surface area contributed by atoms with E-state index in [0.29, 0.717) is 12.4 Å². The minimum Gasteiger partial charge on any atom is -0.337 e. The van der Waals surface area contributed by atoms with Gasteiger partial charge in [-0.25, -0.2) is 4.98 Å². The van der Waals surface area contributed by atoms with Gasteiger partial charge in [-0.05, 0) is 31.9 Å². The number of hydrogen-bond donors (Lipinski definition) is 1. The maximum atomic E-state index is 12.7. The molecule has 1 aromatic carbocycles. The lowest BCUT2D eigenvalue weighted by molar-refractivity contribution is 0.0709. The molecule has 4 rings (SSSR count). The molecule has 1 saturated heterocycles. The van der Waals surface area contributed by atoms with E-state index < -0.39 is 0 Å². The van der Waals surface area contributed by atoms with E-state index >= 15 is 0 Å². The molecule has 25 heavy (non-hydrogen) atoms. The molecular formula is C19H20N4OS. The van der Waals surface area contributed by atoms with Crippen LogP contribution in [-0.4, -0.2) is 39.1 Å². The lowest BCUT2D eigenvalue weighted by Gasteiger charge is -2.31. The Bertz CT molecular complexity index is 870. The third kappa shape index (κ3) is 3.35. The number of hydrogen-bond acceptors (Lipinski definition) is 4. The van der Waals surface area contributed by atoms with E-state index in [1.54, 1.807) is 11.3 Å². The van der Waals surface area contributed by atoms with Gasteiger partial charge in [0.1, 0.15) is 5.82 Å². The second kappa shape index (κ2) is 6.80. The minimum atomic E-state index is 0.130. The zero-order chi connectivity index (χ0) is 17.2. The van der Waals surface area contributed by atoms with Crippen molar-refractivity contribution in [2.45, 2.75) is 25.7 Å². The van der Waals surface area contributed by atoms with Crippen molar-refractivity contribution in [3.8, 4) is 11.4 Å². The SMILES string of the molecule is Cc1ccc(C(=O)N2CCCC(c3nc(-c4ccccc4)n[nH]3)C2)s1. The van der Waals surface area contributed by atoms with Crippen LogP contribution in [0.5, 0.6) is 0 Å². The van der Waals surface area contributed by atoms with Crippen molar-refractivity contribution in [3.05, 3.63) is 58.0 Å². The molecule has 1 atom stereocenters. The van der Waals surface area contributed by atoms with Gasteiger partial charge in [0.25, 0.3) is 5.91 Å². The van der Waals surface area contributed by atoms with E-state index in [1.807, 2.05) is 54.3 Å². The maximum Gasteiger partial charge on any atom is 0.263 e. The Morgan fingerprint density at radius 1 is 1.24 bits per heavy atom. The Labute approximate surface area is 150 Å². The second-order valence-corrected chi connectivity index (χ2v) is 7.70. The highest BCUT2D eigenvalue weighted by Crippen LogP contribution is 2.28. The van der Waals surface area contributed by atoms with Gasteiger partial charge in [-0.1, -0.05) is 30.3 Å². The average Bonchev–Trinajstić information content (AvgIpc) is 3.31. The van der Waals surface area contributed by atoms with Crippen LogP contribution in [0.25, 0.3) is 11.4 Å². The summed E-state index contributed by atoms with van der Waals surface area (Å²) in [6.45, 7) is 3.53. The molecule has 3 aromatic rings. The molecule has 1 fully saturated rings. The molecule has 5 nitrogen and oxygen atoms in total. The molecule has 0 aliphatic carbocycles. The number of nitrogens with one attached hydrogen (secondary N) is 1. The van der Waals surface area contributed by atoms with Gasteiger partial charge in [0.15, 0.2) is 5.82 Å². The quantitative estimate of drug-likeness (QED) is 0.778. The Kier molecular flexibility index (Phi) is 4.36. The molecule has 0 bridgehead atoms. The summed E-state index contributed by atoms with van der Waals surface area (Å²) < 4.78 is 0. The molecule has 128 valence electrons. The fourth-order valence-electron chi connectivity index (χ4n) is 3.26. The number of aromatic amines is 1. The van der Waals surface area contributed by atoms with Gasteiger partial charge in [0.05, 0.1) is 4.88 Å². The zero-order valence-corrected chi connectivity index (χ0v) is 14.9. The molecule has 0 radical (unpaired) electrons. The number of carbonyl (C=O) groups excluding carboxylic acids is 1. The molecule has 0 saturated carbocycles. The predicted octanol–water partition coefficient (Wildman–Crippen LogP) is 3.86. The summed E-state index contributed by atoms with van der Waals surface area (Å²) in [7, 11) is 0. The first-order chi connectivity index (χ1) is 12.2. The van der Waals surface area contributed by atoms with Gasteiger partial charge in [-0.2, -0.15) is 5.10 Å². The molecule has 1 aliphatic heterocycles. The van der Waals surface area contributed by atoms with Crippen LogP contribution in [-0.2, 0) is 0 Å². The van der Waals surface area contributed by atoms with Crippen molar-refractivity contribution in [2.75, 3.05) is 13.1 Å². The number of aromatic nitrogens is 3. The molecule has 1 N–H and O–H groups in total. The fourth-order valence-corrected chi connectivity index (χ4v) is 4.10. The van der Waals surface area contributed by atoms with Crippen LogP contribution in [0.2, 0.25) is 0 Å². The minimum absolute atomic E-state index is 0.130. The molecule has 0 spiro atoms. The van der Waals surface area contributed by atoms with Crippen LogP contribution in [0.3, 0.4) is 0 Å². The number of piperidine rings is 1. The number of rotatable bonds is 3. The van der Waals surface area contributed by atoms with Crippen molar-refractivity contribution in [1.82, 2.24) is 20.1 Å². The van der Waals surface area contributed by atoms with E-state index in [2.05, 4.69) is 15.2 Å². The molecule has 1 unspecified atom stereocenters. The number of carbonyl (C=O) groups is 1. The van der Waals surface area contributed by atoms with Crippen molar-refractivity contribution in [1.29, 1.82) is 0 Å². The van der Waals surface area contributed by atoms with E-state index in [1.165, 1.54) is 4.88 Å². The Morgan fingerprint density at radius 3 is 2.84 bits per heavy atom. The highest BCUT2D eigenvalue weighted by molar-refractivity contribution is 7.13. The summed E-state index contributed by atoms with van der Waals surface area (Å²) in [6.07, 6.45) is 2.01. The summed E-state index contributed by atoms with van der Waals surface area (Å²) in [4.78, 5) is 21.3. The summed E-state index contributed by atoms with van der Waals surface area (Å²) in [5.41, 5.74) is 1.00. The van der Waals surface area contributed by atoms with Crippen LogP contribution in [0, 0.1) is 6.92 Å². The van der Waals surface area contributed by atoms with Crippen LogP contribution in [0.4, 0.5) is 0 Å². The number of benzene rings is 1. The fraction of sp³-hybridized carbons (Fsp3) is 0.316. The molecule has 1 amide bonds. The first-order valence-corrected chi connectivity index (χ1v) is 9.36. The van der Waals surface area contributed by atoms with Gasteiger partial charge >= 0.3 is 0 Å². The number of aryl methyl sites for hydroxylation is 1. The Balaban J connectivity index is 1.50. The summed E-state index contributed by atoms with van der Waals surface area (Å²) in [5.74, 6) is 1.93. The summed E-state index contributed by atoms with van der Waals surface area (Å²) in [5, 5.41) is 7.44. The van der Waals surface area contributed by atoms with E-state index in [9.17, 15) is 4.79 Å². The Hall–Kier alpha value is -2.47. The monoisotopic (exact) mass is 352 g/mol. The van der Waals surface area contributed by atoms with Crippen molar-refractivity contribution in [2.24, 2.45) is 0 Å². The largest absolute Gasteiger partial charge is 0.337 e. The van der Waals surface area contributed by atoms with Crippen LogP contribution < -0.4 is 0 Å². The summed E-state index contributed by atoms with van der Waals surface area (Å²) in [6, 6.07) is 13.9. The number of thiophene rings is 1. The van der Waals surface area contributed by atoms with Gasteiger partial charge in [-0.15, -0.1) is 11.3 Å². The third-order valence-electron chi connectivity index (χ3n) is 4.58. The summed E-state index contributed by atoms with van der Waals surface area (Å²) >= 11 is 1.56. The van der Waals surface area contributed by atoms with Gasteiger partial charge in [-0.3, -0.25) is 9.89 Å². The molecular weight excluding hydrogens is 332 g/mol. The standard InChI is InChI=1S/C19H20N4OS/c1-13-9-10-16(25-13)19(24)23-11-5-8-15(12-23)18-20-17(21-22-18)14-6-3-2-4-7-14/h2-4,6-7,9-10,15H,5,8,11-12H2,1H3,(H,20,21,22). The molecule has 3 heterocycles. The van der Waals surface area contributed by atoms with Gasteiger partial charge in [0.2, 0.25) is 0 Å². The van der Waals surface area contributed by atoms with Gasteiger partial charge < -0.3 is 4.90 Å². The predicted molar refractivity (Wildman–Crippen MR) is 98.8 cm³/mol. The maximum absolute atomic E-state index is 12.7. The first-order valence-electron chi connectivity index (χ1n) is 8.54. The topological polar surface area (TPSA) is 61.9 Å². The van der Waals surface area contributed by atoms with E-state index in [0.717, 1.165) is 35.7 Å². The van der Waals surface area contributed by atoms with E-state index in [4.69, 9.17) is 0 Å². The van der Waals surface area contributed by atoms with Crippen LogP contribution in [0.1, 0.15) is 39.1 Å². The smallest absolute Gasteiger partial charge is 0.263 e. The number of H-pyrrole nitrogens is 1. The van der Waals surface area contributed by atoms with Crippen LogP contribution in [0.15, 0.2) is 42.5 Å². The Morgan fingerprint density at radius 2 is 2.08 bits per heavy atom. The van der Waals surface area contributed by atoms with Crippen LogP contribution >= 0.6 is 11.3 Å². The molecule has 6 heteroatoms. The van der Waals surface area contributed by atoms with Crippen molar-refractivity contribution >= 4 is 17.2 Å². The normalized spacial score (nSPS) is 17.6. The third-order valence-corrected chi connectivity index (χ3v) is 5.57. The number of likely N-dealkylation sites (tertiary alicyclic amines) is 1. The van der Waals surface area contributed by atoms with Crippen molar-refractivity contribution in [3.63, 3.8) is 0 Å².